The van der Waals surface area contributed by atoms with Gasteiger partial charge in [0.2, 0.25) is 11.8 Å². The summed E-state index contributed by atoms with van der Waals surface area (Å²) >= 11 is 1.47. The third-order valence-electron chi connectivity index (χ3n) is 5.22. The first-order valence-electron chi connectivity index (χ1n) is 10.6. The lowest BCUT2D eigenvalue weighted by atomic mass is 10.0. The van der Waals surface area contributed by atoms with Crippen molar-refractivity contribution >= 4 is 28.8 Å². The molecule has 1 atom stereocenters. The Kier molecular flexibility index (Phi) is 7.27. The van der Waals surface area contributed by atoms with E-state index in [0.29, 0.717) is 5.69 Å². The summed E-state index contributed by atoms with van der Waals surface area (Å²) in [6, 6.07) is 27.1. The quantitative estimate of drug-likeness (QED) is 0.378. The van der Waals surface area contributed by atoms with Crippen molar-refractivity contribution in [2.24, 2.45) is 0 Å². The molecule has 0 aliphatic heterocycles. The van der Waals surface area contributed by atoms with Crippen LogP contribution in [-0.2, 0) is 22.6 Å². The molecule has 1 aromatic heterocycles. The third-order valence-corrected chi connectivity index (χ3v) is 6.10. The number of carbonyl (C=O) groups is 2. The fourth-order valence-electron chi connectivity index (χ4n) is 3.65. The van der Waals surface area contributed by atoms with Gasteiger partial charge in [0.05, 0.1) is 6.42 Å². The van der Waals surface area contributed by atoms with Crippen LogP contribution < -0.4 is 10.2 Å². The van der Waals surface area contributed by atoms with Crippen LogP contribution in [-0.4, -0.2) is 11.8 Å². The largest absolute Gasteiger partial charge is 0.350 e. The van der Waals surface area contributed by atoms with Gasteiger partial charge >= 0.3 is 0 Å². The van der Waals surface area contributed by atoms with E-state index in [4.69, 9.17) is 0 Å². The highest BCUT2D eigenvalue weighted by atomic mass is 32.1. The van der Waals surface area contributed by atoms with E-state index in [1.807, 2.05) is 53.9 Å². The number of thiophene rings is 1. The molecule has 6 heteroatoms. The van der Waals surface area contributed by atoms with Crippen molar-refractivity contribution in [2.45, 2.75) is 19.0 Å². The molecule has 2 amide bonds. The number of hydrogen-bond acceptors (Lipinski definition) is 3. The Hall–Kier alpha value is -3.77. The monoisotopic (exact) mass is 458 g/mol. The Morgan fingerprint density at radius 3 is 2.18 bits per heavy atom. The van der Waals surface area contributed by atoms with Gasteiger partial charge in [0.25, 0.3) is 0 Å². The second-order valence-corrected chi connectivity index (χ2v) is 8.52. The number of nitrogens with one attached hydrogen (secondary N) is 1. The van der Waals surface area contributed by atoms with Gasteiger partial charge in [0.15, 0.2) is 0 Å². The minimum Gasteiger partial charge on any atom is -0.350 e. The van der Waals surface area contributed by atoms with Gasteiger partial charge in [-0.3, -0.25) is 14.5 Å². The molecule has 1 N–H and O–H groups in total. The maximum atomic E-state index is 15.0. The summed E-state index contributed by atoms with van der Waals surface area (Å²) in [5.41, 5.74) is 1.59. The first-order valence-corrected chi connectivity index (χ1v) is 11.5. The number of para-hydroxylation sites is 1. The molecule has 33 heavy (non-hydrogen) atoms. The maximum Gasteiger partial charge on any atom is 0.248 e. The molecule has 0 bridgehead atoms. The van der Waals surface area contributed by atoms with Crippen LogP contribution in [0.3, 0.4) is 0 Å². The van der Waals surface area contributed by atoms with E-state index in [1.165, 1.54) is 22.3 Å². The standard InChI is InChI=1S/C27H23FN2O2S/c28-24-16-8-7-15-23(24)26(27(32)29-19-20-10-3-1-4-11-20)30(21-12-5-2-6-13-21)25(31)18-22-14-9-17-33-22/h1-17,26H,18-19H2,(H,29,32). The number of rotatable bonds is 8. The molecule has 3 aromatic carbocycles. The summed E-state index contributed by atoms with van der Waals surface area (Å²) in [6.07, 6.45) is 0.115. The molecule has 0 spiro atoms. The second-order valence-electron chi connectivity index (χ2n) is 7.48. The summed E-state index contributed by atoms with van der Waals surface area (Å²) in [7, 11) is 0. The molecule has 0 fully saturated rings. The summed E-state index contributed by atoms with van der Waals surface area (Å²) in [5.74, 6) is -1.28. The average molecular weight is 459 g/mol. The first-order chi connectivity index (χ1) is 16.1. The molecule has 166 valence electrons. The van der Waals surface area contributed by atoms with Crippen LogP contribution in [0.15, 0.2) is 102 Å². The molecule has 4 aromatic rings. The number of hydrogen-bond donors (Lipinski definition) is 1. The average Bonchev–Trinajstić information content (AvgIpc) is 3.36. The van der Waals surface area contributed by atoms with Crippen molar-refractivity contribution in [3.05, 3.63) is 124 Å². The van der Waals surface area contributed by atoms with E-state index in [-0.39, 0.29) is 24.4 Å². The van der Waals surface area contributed by atoms with Crippen LogP contribution in [0, 0.1) is 5.82 Å². The van der Waals surface area contributed by atoms with Gasteiger partial charge in [-0.05, 0) is 35.2 Å². The summed E-state index contributed by atoms with van der Waals surface area (Å²) in [6.45, 7) is 0.270. The van der Waals surface area contributed by atoms with Crippen molar-refractivity contribution in [1.29, 1.82) is 0 Å². The Morgan fingerprint density at radius 1 is 0.848 bits per heavy atom. The molecule has 0 radical (unpaired) electrons. The predicted molar refractivity (Wildman–Crippen MR) is 129 cm³/mol. The molecule has 4 nitrogen and oxygen atoms in total. The van der Waals surface area contributed by atoms with Gasteiger partial charge in [0, 0.05) is 22.7 Å². The third kappa shape index (κ3) is 5.54. The fraction of sp³-hybridized carbons (Fsp3) is 0.111. The Morgan fingerprint density at radius 2 is 1.52 bits per heavy atom. The van der Waals surface area contributed by atoms with E-state index in [1.54, 1.807) is 42.5 Å². The molecule has 0 saturated heterocycles. The number of anilines is 1. The highest BCUT2D eigenvalue weighted by molar-refractivity contribution is 7.10. The lowest BCUT2D eigenvalue weighted by Gasteiger charge is -2.31. The van der Waals surface area contributed by atoms with Crippen LogP contribution in [0.2, 0.25) is 0 Å². The zero-order chi connectivity index (χ0) is 23.0. The van der Waals surface area contributed by atoms with E-state index in [0.717, 1.165) is 10.4 Å². The lowest BCUT2D eigenvalue weighted by molar-refractivity contribution is -0.126. The molecular formula is C27H23FN2O2S. The number of halogens is 1. The van der Waals surface area contributed by atoms with Crippen LogP contribution in [0.5, 0.6) is 0 Å². The SMILES string of the molecule is O=C(NCc1ccccc1)C(c1ccccc1F)N(C(=O)Cc1cccs1)c1ccccc1. The minimum atomic E-state index is -1.16. The van der Waals surface area contributed by atoms with Crippen molar-refractivity contribution < 1.29 is 14.0 Å². The topological polar surface area (TPSA) is 49.4 Å². The number of benzene rings is 3. The maximum absolute atomic E-state index is 15.0. The highest BCUT2D eigenvalue weighted by Crippen LogP contribution is 2.30. The second kappa shape index (κ2) is 10.7. The van der Waals surface area contributed by atoms with E-state index in [2.05, 4.69) is 5.32 Å². The van der Waals surface area contributed by atoms with Crippen molar-refractivity contribution in [1.82, 2.24) is 5.32 Å². The molecule has 0 aliphatic carbocycles. The summed E-state index contributed by atoms with van der Waals surface area (Å²) in [5, 5.41) is 4.79. The summed E-state index contributed by atoms with van der Waals surface area (Å²) < 4.78 is 15.0. The molecule has 1 heterocycles. The van der Waals surface area contributed by atoms with Gasteiger partial charge in [-0.15, -0.1) is 11.3 Å². The van der Waals surface area contributed by atoms with E-state index < -0.39 is 17.8 Å². The minimum absolute atomic E-state index is 0.115. The zero-order valence-electron chi connectivity index (χ0n) is 17.9. The Balaban J connectivity index is 1.73. The smallest absolute Gasteiger partial charge is 0.248 e. The summed E-state index contributed by atoms with van der Waals surface area (Å²) in [4.78, 5) is 29.3. The predicted octanol–water partition coefficient (Wildman–Crippen LogP) is 5.52. The number of carbonyl (C=O) groups excluding carboxylic acids is 2. The lowest BCUT2D eigenvalue weighted by Crippen LogP contribution is -2.44. The Bertz CT molecular complexity index is 1200. The van der Waals surface area contributed by atoms with E-state index in [9.17, 15) is 14.0 Å². The van der Waals surface area contributed by atoms with E-state index >= 15 is 0 Å². The Labute approximate surface area is 196 Å². The molecule has 4 rings (SSSR count). The molecule has 0 aliphatic rings. The van der Waals surface area contributed by atoms with Crippen molar-refractivity contribution in [3.63, 3.8) is 0 Å². The van der Waals surface area contributed by atoms with Gasteiger partial charge in [-0.25, -0.2) is 4.39 Å². The number of amides is 2. The first kappa shape index (κ1) is 22.4. The van der Waals surface area contributed by atoms with Gasteiger partial charge in [-0.1, -0.05) is 72.8 Å². The zero-order valence-corrected chi connectivity index (χ0v) is 18.7. The number of nitrogens with zero attached hydrogens (tertiary/aromatic N) is 1. The molecule has 0 saturated carbocycles. The van der Waals surface area contributed by atoms with Crippen LogP contribution in [0.4, 0.5) is 10.1 Å². The van der Waals surface area contributed by atoms with Gasteiger partial charge in [-0.2, -0.15) is 0 Å². The normalized spacial score (nSPS) is 11.5. The fourth-order valence-corrected chi connectivity index (χ4v) is 4.35. The van der Waals surface area contributed by atoms with Crippen molar-refractivity contribution in [2.75, 3.05) is 4.90 Å². The van der Waals surface area contributed by atoms with Crippen LogP contribution in [0.1, 0.15) is 22.0 Å². The van der Waals surface area contributed by atoms with Gasteiger partial charge < -0.3 is 5.32 Å². The van der Waals surface area contributed by atoms with Crippen LogP contribution >= 0.6 is 11.3 Å². The highest BCUT2D eigenvalue weighted by Gasteiger charge is 2.34. The molecular weight excluding hydrogens is 435 g/mol. The van der Waals surface area contributed by atoms with Crippen molar-refractivity contribution in [3.8, 4) is 0 Å². The van der Waals surface area contributed by atoms with Crippen LogP contribution in [0.25, 0.3) is 0 Å². The van der Waals surface area contributed by atoms with Gasteiger partial charge in [0.1, 0.15) is 11.9 Å². The molecule has 1 unspecified atom stereocenters.